The number of carbonyl (C=O) groups is 1. The highest BCUT2D eigenvalue weighted by molar-refractivity contribution is 5.68. The van der Waals surface area contributed by atoms with Crippen LogP contribution >= 0.6 is 0 Å². The Morgan fingerprint density at radius 3 is 2.57 bits per heavy atom. The SMILES string of the molecule is CC(C)COC(=O)N1C[C@@H]2[C@@H](N)[C@@H]2C1. The molecule has 2 N–H and O–H groups in total. The molecule has 0 aromatic heterocycles. The van der Waals surface area contributed by atoms with Gasteiger partial charge < -0.3 is 15.4 Å². The van der Waals surface area contributed by atoms with Crippen LogP contribution < -0.4 is 5.73 Å². The summed E-state index contributed by atoms with van der Waals surface area (Å²) in [6, 6.07) is 0.337. The Labute approximate surface area is 84.4 Å². The summed E-state index contributed by atoms with van der Waals surface area (Å²) in [6.45, 7) is 6.16. The second kappa shape index (κ2) is 3.42. The van der Waals surface area contributed by atoms with E-state index in [1.54, 1.807) is 4.90 Å². The van der Waals surface area contributed by atoms with Gasteiger partial charge in [0.15, 0.2) is 0 Å². The second-order valence-electron chi connectivity index (χ2n) is 4.78. The first kappa shape index (κ1) is 9.77. The van der Waals surface area contributed by atoms with E-state index in [0.29, 0.717) is 30.4 Å². The monoisotopic (exact) mass is 198 g/mol. The largest absolute Gasteiger partial charge is 0.449 e. The number of carbonyl (C=O) groups excluding carboxylic acids is 1. The molecule has 1 amide bonds. The fraction of sp³-hybridized carbons (Fsp3) is 0.900. The van der Waals surface area contributed by atoms with Crippen LogP contribution in [0.25, 0.3) is 0 Å². The van der Waals surface area contributed by atoms with Crippen LogP contribution in [0.3, 0.4) is 0 Å². The molecule has 3 atom stereocenters. The van der Waals surface area contributed by atoms with Crippen LogP contribution in [-0.4, -0.2) is 36.7 Å². The van der Waals surface area contributed by atoms with Crippen LogP contribution in [-0.2, 0) is 4.74 Å². The zero-order valence-electron chi connectivity index (χ0n) is 8.77. The molecule has 0 radical (unpaired) electrons. The van der Waals surface area contributed by atoms with Crippen LogP contribution in [0, 0.1) is 17.8 Å². The smallest absolute Gasteiger partial charge is 0.409 e. The van der Waals surface area contributed by atoms with Gasteiger partial charge in [0.25, 0.3) is 0 Å². The van der Waals surface area contributed by atoms with E-state index in [2.05, 4.69) is 0 Å². The van der Waals surface area contributed by atoms with Gasteiger partial charge in [-0.3, -0.25) is 0 Å². The van der Waals surface area contributed by atoms with Crippen molar-refractivity contribution in [3.05, 3.63) is 0 Å². The third-order valence-corrected chi connectivity index (χ3v) is 3.06. The molecule has 2 aliphatic rings. The summed E-state index contributed by atoms with van der Waals surface area (Å²) in [5, 5.41) is 0. The van der Waals surface area contributed by atoms with Gasteiger partial charge in [0.2, 0.25) is 0 Å². The number of amides is 1. The molecule has 1 saturated carbocycles. The number of nitrogens with zero attached hydrogens (tertiary/aromatic N) is 1. The van der Waals surface area contributed by atoms with E-state index in [1.165, 1.54) is 0 Å². The van der Waals surface area contributed by atoms with Gasteiger partial charge in [-0.2, -0.15) is 0 Å². The lowest BCUT2D eigenvalue weighted by Crippen LogP contribution is -2.34. The molecule has 0 aromatic rings. The van der Waals surface area contributed by atoms with Crippen molar-refractivity contribution < 1.29 is 9.53 Å². The minimum Gasteiger partial charge on any atom is -0.449 e. The summed E-state index contributed by atoms with van der Waals surface area (Å²) in [4.78, 5) is 13.3. The van der Waals surface area contributed by atoms with E-state index in [9.17, 15) is 4.79 Å². The van der Waals surface area contributed by atoms with Crippen LogP contribution in [0.5, 0.6) is 0 Å². The fourth-order valence-electron chi connectivity index (χ4n) is 2.05. The summed E-state index contributed by atoms with van der Waals surface area (Å²) in [7, 11) is 0. The molecule has 14 heavy (non-hydrogen) atoms. The number of hydrogen-bond acceptors (Lipinski definition) is 3. The van der Waals surface area contributed by atoms with Gasteiger partial charge in [-0.15, -0.1) is 0 Å². The minimum absolute atomic E-state index is 0.168. The number of piperidine rings is 1. The summed E-state index contributed by atoms with van der Waals surface area (Å²) >= 11 is 0. The van der Waals surface area contributed by atoms with Gasteiger partial charge in [0.05, 0.1) is 6.61 Å². The molecule has 1 aliphatic heterocycles. The third kappa shape index (κ3) is 1.71. The number of hydrogen-bond donors (Lipinski definition) is 1. The maximum Gasteiger partial charge on any atom is 0.409 e. The van der Waals surface area contributed by atoms with Crippen LogP contribution in [0.1, 0.15) is 13.8 Å². The highest BCUT2D eigenvalue weighted by atomic mass is 16.6. The molecule has 0 bridgehead atoms. The molecular formula is C10H18N2O2. The maximum atomic E-state index is 11.5. The van der Waals surface area contributed by atoms with Crippen LogP contribution in [0.15, 0.2) is 0 Å². The molecular weight excluding hydrogens is 180 g/mol. The highest BCUT2D eigenvalue weighted by Gasteiger charge is 2.54. The van der Waals surface area contributed by atoms with E-state index < -0.39 is 0 Å². The Hall–Kier alpha value is -0.770. The Morgan fingerprint density at radius 1 is 1.50 bits per heavy atom. The summed E-state index contributed by atoms with van der Waals surface area (Å²) < 4.78 is 5.14. The Morgan fingerprint density at radius 2 is 2.07 bits per heavy atom. The van der Waals surface area contributed by atoms with E-state index in [1.807, 2.05) is 13.8 Å². The summed E-state index contributed by atoms with van der Waals surface area (Å²) in [6.07, 6.45) is -0.168. The lowest BCUT2D eigenvalue weighted by Gasteiger charge is -2.19. The molecule has 2 fully saturated rings. The predicted octanol–water partition coefficient (Wildman–Crippen LogP) is 0.668. The molecule has 1 heterocycles. The molecule has 4 heteroatoms. The van der Waals surface area contributed by atoms with E-state index >= 15 is 0 Å². The number of nitrogens with two attached hydrogens (primary N) is 1. The second-order valence-corrected chi connectivity index (χ2v) is 4.78. The standard InChI is InChI=1S/C10H18N2O2/c1-6(2)5-14-10(13)12-3-7-8(4-12)9(7)11/h6-9H,3-5,11H2,1-2H3/t7-,8+,9+. The average molecular weight is 198 g/mol. The van der Waals surface area contributed by atoms with Crippen molar-refractivity contribution in [2.45, 2.75) is 19.9 Å². The van der Waals surface area contributed by atoms with Gasteiger partial charge in [-0.1, -0.05) is 13.8 Å². The van der Waals surface area contributed by atoms with Crippen LogP contribution in [0.2, 0.25) is 0 Å². The van der Waals surface area contributed by atoms with E-state index in [0.717, 1.165) is 13.1 Å². The average Bonchev–Trinajstić information content (AvgIpc) is 2.63. The first-order valence-electron chi connectivity index (χ1n) is 5.27. The lowest BCUT2D eigenvalue weighted by molar-refractivity contribution is 0.0955. The lowest BCUT2D eigenvalue weighted by atomic mass is 10.2. The predicted molar refractivity (Wildman–Crippen MR) is 52.7 cm³/mol. The van der Waals surface area contributed by atoms with Gasteiger partial charge in [-0.25, -0.2) is 4.79 Å². The molecule has 4 nitrogen and oxygen atoms in total. The molecule has 1 saturated heterocycles. The van der Waals surface area contributed by atoms with Crippen molar-refractivity contribution >= 4 is 6.09 Å². The van der Waals surface area contributed by atoms with Crippen molar-refractivity contribution in [2.75, 3.05) is 19.7 Å². The Kier molecular flexibility index (Phi) is 2.39. The van der Waals surface area contributed by atoms with Crippen molar-refractivity contribution in [3.63, 3.8) is 0 Å². The first-order valence-corrected chi connectivity index (χ1v) is 5.27. The third-order valence-electron chi connectivity index (χ3n) is 3.06. The fourth-order valence-corrected chi connectivity index (χ4v) is 2.05. The van der Waals surface area contributed by atoms with Crippen LogP contribution in [0.4, 0.5) is 4.79 Å². The van der Waals surface area contributed by atoms with Crippen molar-refractivity contribution in [2.24, 2.45) is 23.5 Å². The van der Waals surface area contributed by atoms with E-state index in [-0.39, 0.29) is 6.09 Å². The normalized spacial score (nSPS) is 34.6. The molecule has 1 aliphatic carbocycles. The number of fused-ring (bicyclic) bond motifs is 1. The summed E-state index contributed by atoms with van der Waals surface area (Å²) in [5.74, 6) is 1.49. The Bertz CT molecular complexity index is 230. The quantitative estimate of drug-likeness (QED) is 0.709. The highest BCUT2D eigenvalue weighted by Crippen LogP contribution is 2.43. The maximum absolute atomic E-state index is 11.5. The molecule has 2 rings (SSSR count). The molecule has 0 unspecified atom stereocenters. The van der Waals surface area contributed by atoms with Gasteiger partial charge in [0, 0.05) is 19.1 Å². The van der Waals surface area contributed by atoms with Gasteiger partial charge in [-0.05, 0) is 17.8 Å². The number of likely N-dealkylation sites (tertiary alicyclic amines) is 1. The zero-order chi connectivity index (χ0) is 10.3. The first-order chi connectivity index (χ1) is 6.59. The van der Waals surface area contributed by atoms with Crippen molar-refractivity contribution in [1.82, 2.24) is 4.90 Å². The molecule has 0 aromatic carbocycles. The topological polar surface area (TPSA) is 55.6 Å². The molecule has 0 spiro atoms. The Balaban J connectivity index is 1.73. The minimum atomic E-state index is -0.168. The van der Waals surface area contributed by atoms with E-state index in [4.69, 9.17) is 10.5 Å². The number of rotatable bonds is 2. The zero-order valence-corrected chi connectivity index (χ0v) is 8.77. The van der Waals surface area contributed by atoms with Crippen molar-refractivity contribution in [3.8, 4) is 0 Å². The van der Waals surface area contributed by atoms with Gasteiger partial charge >= 0.3 is 6.09 Å². The van der Waals surface area contributed by atoms with Crippen molar-refractivity contribution in [1.29, 1.82) is 0 Å². The number of ether oxygens (including phenoxy) is 1. The molecule has 80 valence electrons. The summed E-state index contributed by atoms with van der Waals surface area (Å²) in [5.41, 5.74) is 5.78. The van der Waals surface area contributed by atoms with Gasteiger partial charge in [0.1, 0.15) is 0 Å².